The summed E-state index contributed by atoms with van der Waals surface area (Å²) in [5.74, 6) is 1.56. The second-order valence-corrected chi connectivity index (χ2v) is 12.8. The van der Waals surface area contributed by atoms with E-state index >= 15 is 0 Å². The average molecular weight is 646 g/mol. The van der Waals surface area contributed by atoms with Crippen molar-refractivity contribution in [3.05, 3.63) is 102 Å². The largest absolute Gasteiger partial charge is 0.496 e. The summed E-state index contributed by atoms with van der Waals surface area (Å²) in [5, 5.41) is 11.5. The number of amides is 1. The van der Waals surface area contributed by atoms with Gasteiger partial charge in [-0.2, -0.15) is 0 Å². The van der Waals surface area contributed by atoms with Gasteiger partial charge in [-0.3, -0.25) is 4.79 Å². The maximum absolute atomic E-state index is 14.1. The number of rotatable bonds is 10. The van der Waals surface area contributed by atoms with Gasteiger partial charge in [0.15, 0.2) is 0 Å². The molecule has 2 aliphatic heterocycles. The van der Waals surface area contributed by atoms with E-state index in [1.54, 1.807) is 11.8 Å². The van der Waals surface area contributed by atoms with Crippen LogP contribution in [0.3, 0.4) is 0 Å². The SMILES string of the molecule is CC=CCn1c(N2CCCN(CCC3(c4ccccc4)CCN(C(=O)c4cc(-n5cnnn5)ccc4OC)C3)CC2)nc2ccccc21. The van der Waals surface area contributed by atoms with E-state index in [-0.39, 0.29) is 11.3 Å². The molecule has 3 aromatic carbocycles. The summed E-state index contributed by atoms with van der Waals surface area (Å²) in [6, 6.07) is 24.7. The number of likely N-dealkylation sites (tertiary alicyclic amines) is 1. The number of aromatic nitrogens is 6. The first-order chi connectivity index (χ1) is 23.6. The Balaban J connectivity index is 1.07. The van der Waals surface area contributed by atoms with Crippen molar-refractivity contribution in [2.75, 3.05) is 57.8 Å². The number of imidazole rings is 1. The minimum atomic E-state index is -0.135. The minimum absolute atomic E-state index is 0.0363. The predicted molar refractivity (Wildman–Crippen MR) is 187 cm³/mol. The summed E-state index contributed by atoms with van der Waals surface area (Å²) in [6.45, 7) is 9.12. The molecule has 1 unspecified atom stereocenters. The Morgan fingerprint density at radius 3 is 2.65 bits per heavy atom. The first kappa shape index (κ1) is 31.6. The van der Waals surface area contributed by atoms with Gasteiger partial charge in [0.2, 0.25) is 5.95 Å². The van der Waals surface area contributed by atoms with Crippen molar-refractivity contribution in [3.8, 4) is 11.4 Å². The number of nitrogens with zero attached hydrogens (tertiary/aromatic N) is 9. The molecule has 0 saturated carbocycles. The fourth-order valence-electron chi connectivity index (χ4n) is 7.34. The third-order valence-electron chi connectivity index (χ3n) is 9.99. The summed E-state index contributed by atoms with van der Waals surface area (Å²) in [4.78, 5) is 26.2. The molecule has 7 rings (SSSR count). The molecule has 1 atom stereocenters. The normalized spacial score (nSPS) is 19.0. The van der Waals surface area contributed by atoms with Crippen LogP contribution in [0.4, 0.5) is 5.95 Å². The maximum atomic E-state index is 14.1. The van der Waals surface area contributed by atoms with Crippen LogP contribution in [-0.2, 0) is 12.0 Å². The Bertz CT molecular complexity index is 1870. The molecule has 0 aliphatic carbocycles. The monoisotopic (exact) mass is 645 g/mol. The number of hydrogen-bond acceptors (Lipinski definition) is 8. The number of allylic oxidation sites excluding steroid dienone is 2. The van der Waals surface area contributed by atoms with E-state index in [4.69, 9.17) is 9.72 Å². The Kier molecular flexibility index (Phi) is 9.20. The van der Waals surface area contributed by atoms with E-state index in [1.807, 2.05) is 23.1 Å². The number of carbonyl (C=O) groups is 1. The highest BCUT2D eigenvalue weighted by Crippen LogP contribution is 2.39. The Hall–Kier alpha value is -5.03. The zero-order chi connectivity index (χ0) is 32.9. The fraction of sp³-hybridized carbons (Fsp3) is 0.378. The molecule has 0 bridgehead atoms. The van der Waals surface area contributed by atoms with E-state index in [9.17, 15) is 4.79 Å². The lowest BCUT2D eigenvalue weighted by Crippen LogP contribution is -2.39. The second-order valence-electron chi connectivity index (χ2n) is 12.8. The van der Waals surface area contributed by atoms with E-state index in [0.717, 1.165) is 70.0 Å². The van der Waals surface area contributed by atoms with Crippen molar-refractivity contribution in [2.24, 2.45) is 0 Å². The highest BCUT2D eigenvalue weighted by atomic mass is 16.5. The van der Waals surface area contributed by atoms with Crippen molar-refractivity contribution >= 4 is 22.9 Å². The molecule has 2 saturated heterocycles. The zero-order valence-electron chi connectivity index (χ0n) is 27.8. The van der Waals surface area contributed by atoms with Gasteiger partial charge in [-0.15, -0.1) is 5.10 Å². The van der Waals surface area contributed by atoms with Gasteiger partial charge in [0.1, 0.15) is 12.1 Å². The molecule has 5 aromatic rings. The van der Waals surface area contributed by atoms with Gasteiger partial charge in [-0.05, 0) is 85.6 Å². The number of hydrogen-bond donors (Lipinski definition) is 0. The predicted octanol–water partition coefficient (Wildman–Crippen LogP) is 4.98. The number of benzene rings is 3. The number of para-hydroxylation sites is 2. The van der Waals surface area contributed by atoms with Gasteiger partial charge in [0.05, 0.1) is 29.4 Å². The van der Waals surface area contributed by atoms with Crippen LogP contribution in [0.5, 0.6) is 5.75 Å². The molecule has 248 valence electrons. The highest BCUT2D eigenvalue weighted by molar-refractivity contribution is 5.98. The maximum Gasteiger partial charge on any atom is 0.257 e. The molecule has 0 spiro atoms. The molecule has 48 heavy (non-hydrogen) atoms. The molecular formula is C37H43N9O2. The lowest BCUT2D eigenvalue weighted by atomic mass is 9.76. The van der Waals surface area contributed by atoms with Crippen LogP contribution in [0.1, 0.15) is 42.1 Å². The first-order valence-corrected chi connectivity index (χ1v) is 16.9. The topological polar surface area (TPSA) is 97.4 Å². The smallest absolute Gasteiger partial charge is 0.257 e. The summed E-state index contributed by atoms with van der Waals surface area (Å²) in [7, 11) is 1.60. The fourth-order valence-corrected chi connectivity index (χ4v) is 7.34. The van der Waals surface area contributed by atoms with Crippen LogP contribution < -0.4 is 9.64 Å². The Morgan fingerprint density at radius 1 is 0.979 bits per heavy atom. The molecule has 2 aromatic heterocycles. The van der Waals surface area contributed by atoms with Gasteiger partial charge in [0, 0.05) is 44.7 Å². The summed E-state index contributed by atoms with van der Waals surface area (Å²) < 4.78 is 9.52. The zero-order valence-corrected chi connectivity index (χ0v) is 27.8. The molecule has 1 amide bonds. The van der Waals surface area contributed by atoms with Crippen molar-refractivity contribution in [3.63, 3.8) is 0 Å². The molecule has 11 heteroatoms. The van der Waals surface area contributed by atoms with Crippen molar-refractivity contribution in [1.29, 1.82) is 0 Å². The van der Waals surface area contributed by atoms with Crippen LogP contribution in [0, 0.1) is 0 Å². The molecule has 4 heterocycles. The average Bonchev–Trinajstić information content (AvgIpc) is 3.87. The van der Waals surface area contributed by atoms with Gasteiger partial charge in [-0.1, -0.05) is 54.6 Å². The highest BCUT2D eigenvalue weighted by Gasteiger charge is 2.42. The van der Waals surface area contributed by atoms with Gasteiger partial charge < -0.3 is 24.0 Å². The lowest BCUT2D eigenvalue weighted by molar-refractivity contribution is 0.0777. The van der Waals surface area contributed by atoms with Crippen LogP contribution in [-0.4, -0.2) is 98.4 Å². The Labute approximate surface area is 281 Å². The molecule has 0 radical (unpaired) electrons. The van der Waals surface area contributed by atoms with E-state index in [2.05, 4.69) is 104 Å². The standard InChI is InChI=1S/C37H43N9O2/c1-3-4-21-45-33-14-9-8-13-32(33)39-36(45)43-20-10-19-42(24-25-43)22-17-37(29-11-6-5-7-12-29)18-23-44(27-37)35(47)31-26-30(15-16-34(31)48-2)46-28-38-40-41-46/h3-9,11-16,26,28H,10,17-25,27H2,1-2H3. The van der Waals surface area contributed by atoms with Gasteiger partial charge in [-0.25, -0.2) is 9.67 Å². The Morgan fingerprint density at radius 2 is 1.83 bits per heavy atom. The van der Waals surface area contributed by atoms with Crippen molar-refractivity contribution in [1.82, 2.24) is 39.6 Å². The van der Waals surface area contributed by atoms with Crippen LogP contribution in [0.15, 0.2) is 91.3 Å². The van der Waals surface area contributed by atoms with Crippen molar-refractivity contribution in [2.45, 2.75) is 38.1 Å². The molecule has 11 nitrogen and oxygen atoms in total. The van der Waals surface area contributed by atoms with Crippen LogP contribution in [0.2, 0.25) is 0 Å². The van der Waals surface area contributed by atoms with Gasteiger partial charge in [0.25, 0.3) is 5.91 Å². The second kappa shape index (κ2) is 14.0. The molecular weight excluding hydrogens is 602 g/mol. The third kappa shape index (κ3) is 6.29. The third-order valence-corrected chi connectivity index (χ3v) is 9.99. The number of methoxy groups -OCH3 is 1. The minimum Gasteiger partial charge on any atom is -0.496 e. The van der Waals surface area contributed by atoms with Crippen LogP contribution in [0.25, 0.3) is 16.7 Å². The summed E-state index contributed by atoms with van der Waals surface area (Å²) in [5.41, 5.74) is 4.61. The first-order valence-electron chi connectivity index (χ1n) is 16.9. The number of tetrazole rings is 1. The van der Waals surface area contributed by atoms with Gasteiger partial charge >= 0.3 is 0 Å². The summed E-state index contributed by atoms with van der Waals surface area (Å²) >= 11 is 0. The van der Waals surface area contributed by atoms with E-state index in [1.165, 1.54) is 17.4 Å². The number of ether oxygens (including phenoxy) is 1. The van der Waals surface area contributed by atoms with Crippen molar-refractivity contribution < 1.29 is 9.53 Å². The van der Waals surface area contributed by atoms with E-state index < -0.39 is 0 Å². The number of anilines is 1. The van der Waals surface area contributed by atoms with E-state index in [0.29, 0.717) is 30.1 Å². The quantitative estimate of drug-likeness (QED) is 0.196. The number of carbonyl (C=O) groups excluding carboxylic acids is 1. The molecule has 0 N–H and O–H groups in total. The van der Waals surface area contributed by atoms with Crippen LogP contribution >= 0.6 is 0 Å². The lowest BCUT2D eigenvalue weighted by Gasteiger charge is -2.33. The summed E-state index contributed by atoms with van der Waals surface area (Å²) in [6.07, 6.45) is 8.78. The number of fused-ring (bicyclic) bond motifs is 1. The molecule has 2 aliphatic rings. The molecule has 2 fully saturated rings.